The highest BCUT2D eigenvalue weighted by Crippen LogP contribution is 2.31. The van der Waals surface area contributed by atoms with Gasteiger partial charge < -0.3 is 40.9 Å². The Morgan fingerprint density at radius 1 is 1.04 bits per heavy atom. The number of fused-ring (bicyclic) bond motifs is 1. The molecule has 54 heavy (non-hydrogen) atoms. The van der Waals surface area contributed by atoms with E-state index in [4.69, 9.17) is 21.7 Å². The van der Waals surface area contributed by atoms with Crippen LogP contribution in [0.3, 0.4) is 0 Å². The number of hydrogen-bond donors (Lipinski definition) is 7. The number of aromatic nitrogens is 2. The number of aliphatic hydroxyl groups excluding tert-OH is 1. The van der Waals surface area contributed by atoms with Crippen molar-refractivity contribution in [2.45, 2.75) is 91.8 Å². The maximum absolute atomic E-state index is 12.6. The van der Waals surface area contributed by atoms with Crippen LogP contribution in [0.1, 0.15) is 89.7 Å². The molecule has 15 nitrogen and oxygen atoms in total. The summed E-state index contributed by atoms with van der Waals surface area (Å²) in [5.41, 5.74) is 3.28. The van der Waals surface area contributed by atoms with Crippen molar-refractivity contribution in [3.63, 3.8) is 0 Å². The predicted molar refractivity (Wildman–Crippen MR) is 205 cm³/mol. The molecule has 1 aliphatic carbocycles. The predicted octanol–water partition coefficient (Wildman–Crippen LogP) is 3.44. The zero-order chi connectivity index (χ0) is 41.4. The largest absolute Gasteiger partial charge is 0.481 e. The number of aromatic amines is 1. The molecule has 3 rings (SSSR count). The van der Waals surface area contributed by atoms with E-state index in [2.05, 4.69) is 39.4 Å². The van der Waals surface area contributed by atoms with Crippen LogP contribution >= 0.6 is 0 Å². The fraction of sp³-hybridized carbons (Fsp3) is 0.410. The second kappa shape index (κ2) is 25.7. The molecule has 1 aromatic carbocycles. The van der Waals surface area contributed by atoms with Crippen LogP contribution < -0.4 is 16.2 Å². The lowest BCUT2D eigenvalue weighted by molar-refractivity contribution is -0.142. The molecule has 0 aliphatic heterocycles. The van der Waals surface area contributed by atoms with Gasteiger partial charge in [0.25, 0.3) is 11.5 Å². The van der Waals surface area contributed by atoms with Crippen LogP contribution in [0.25, 0.3) is 10.9 Å². The first kappa shape index (κ1) is 47.8. The summed E-state index contributed by atoms with van der Waals surface area (Å²) in [4.78, 5) is 76.4. The number of amides is 2. The number of H-pyrrole nitrogens is 1. The molecule has 292 valence electrons. The minimum absolute atomic E-state index is 0.0915. The van der Waals surface area contributed by atoms with Crippen LogP contribution in [0.5, 0.6) is 0 Å². The number of carboxylic acids is 3. The van der Waals surface area contributed by atoms with E-state index in [1.807, 2.05) is 50.8 Å². The SMILES string of the molecule is C#C.C#CCN(C1=CCC=C(C(=O)NCC(=O)O)C=C1)C(C)c1cc2c(=O)[nH]c(CO)nc2cc1CC.CC.CCC(=O)N[C@H](CCCC(=O)O)C(=O)O. The number of allylic oxidation sites excluding steroid dienone is 3. The van der Waals surface area contributed by atoms with Crippen LogP contribution in [0, 0.1) is 25.2 Å². The number of carbonyl (C=O) groups is 5. The monoisotopic (exact) mass is 749 g/mol. The summed E-state index contributed by atoms with van der Waals surface area (Å²) >= 11 is 0. The van der Waals surface area contributed by atoms with Gasteiger partial charge in [0.2, 0.25) is 5.91 Å². The first-order valence-electron chi connectivity index (χ1n) is 17.3. The Labute approximate surface area is 315 Å². The molecule has 1 aliphatic rings. The maximum atomic E-state index is 12.6. The number of terminal acetylenes is 2. The molecule has 1 heterocycles. The molecule has 2 aromatic rings. The molecule has 2 amide bonds. The molecule has 0 saturated carbocycles. The third-order valence-corrected chi connectivity index (χ3v) is 7.66. The number of carboxylic acid groups (broad SMARTS) is 3. The fourth-order valence-corrected chi connectivity index (χ4v) is 5.05. The van der Waals surface area contributed by atoms with E-state index in [1.165, 1.54) is 0 Å². The molecular formula is C39H51N5O10. The Kier molecular flexibility index (Phi) is 22.8. The van der Waals surface area contributed by atoms with Crippen molar-refractivity contribution in [2.75, 3.05) is 13.1 Å². The molecule has 0 bridgehead atoms. The third kappa shape index (κ3) is 15.6. The van der Waals surface area contributed by atoms with Gasteiger partial charge in [-0.3, -0.25) is 24.0 Å². The Hall–Kier alpha value is -6.19. The van der Waals surface area contributed by atoms with E-state index >= 15 is 0 Å². The van der Waals surface area contributed by atoms with Crippen molar-refractivity contribution >= 4 is 40.6 Å². The summed E-state index contributed by atoms with van der Waals surface area (Å²) in [6.45, 7) is 9.10. The van der Waals surface area contributed by atoms with E-state index in [9.17, 15) is 33.9 Å². The first-order valence-corrected chi connectivity index (χ1v) is 17.3. The number of aliphatic carboxylic acids is 3. The number of nitrogens with one attached hydrogen (secondary N) is 3. The normalized spacial score (nSPS) is 12.4. The Morgan fingerprint density at radius 3 is 2.24 bits per heavy atom. The van der Waals surface area contributed by atoms with Crippen molar-refractivity contribution in [1.82, 2.24) is 25.5 Å². The van der Waals surface area contributed by atoms with Crippen molar-refractivity contribution in [3.05, 3.63) is 75.0 Å². The van der Waals surface area contributed by atoms with Crippen LogP contribution in [-0.4, -0.2) is 84.1 Å². The van der Waals surface area contributed by atoms with Crippen LogP contribution in [0.15, 0.2) is 52.5 Å². The average Bonchev–Trinajstić information content (AvgIpc) is 3.42. The van der Waals surface area contributed by atoms with Gasteiger partial charge >= 0.3 is 17.9 Å². The summed E-state index contributed by atoms with van der Waals surface area (Å²) in [5, 5.41) is 40.3. The highest BCUT2D eigenvalue weighted by molar-refractivity contribution is 5.97. The van der Waals surface area contributed by atoms with Crippen molar-refractivity contribution in [3.8, 4) is 25.2 Å². The summed E-state index contributed by atoms with van der Waals surface area (Å²) in [6, 6.07) is 2.49. The van der Waals surface area contributed by atoms with Gasteiger partial charge in [-0.05, 0) is 68.0 Å². The minimum Gasteiger partial charge on any atom is -0.481 e. The topological polar surface area (TPSA) is 239 Å². The third-order valence-electron chi connectivity index (χ3n) is 7.66. The highest BCUT2D eigenvalue weighted by atomic mass is 16.4. The lowest BCUT2D eigenvalue weighted by atomic mass is 9.95. The number of aryl methyl sites for hydroxylation is 1. The van der Waals surface area contributed by atoms with E-state index in [0.29, 0.717) is 29.3 Å². The average molecular weight is 750 g/mol. The summed E-state index contributed by atoms with van der Waals surface area (Å²) < 4.78 is 0. The fourth-order valence-electron chi connectivity index (χ4n) is 5.05. The Bertz CT molecular complexity index is 1820. The second-order valence-corrected chi connectivity index (χ2v) is 11.1. The highest BCUT2D eigenvalue weighted by Gasteiger charge is 2.22. The molecule has 0 fully saturated rings. The quantitative estimate of drug-likeness (QED) is 0.122. The molecule has 15 heteroatoms. The summed E-state index contributed by atoms with van der Waals surface area (Å²) in [5.74, 6) is -1.14. The van der Waals surface area contributed by atoms with Crippen molar-refractivity contribution in [1.29, 1.82) is 0 Å². The Morgan fingerprint density at radius 2 is 1.70 bits per heavy atom. The van der Waals surface area contributed by atoms with Gasteiger partial charge in [-0.15, -0.1) is 19.3 Å². The molecule has 0 radical (unpaired) electrons. The molecule has 7 N–H and O–H groups in total. The Balaban J connectivity index is 0.00000124. The van der Waals surface area contributed by atoms with Gasteiger partial charge in [-0.25, -0.2) is 9.78 Å². The van der Waals surface area contributed by atoms with E-state index in [0.717, 1.165) is 16.8 Å². The number of benzene rings is 1. The summed E-state index contributed by atoms with van der Waals surface area (Å²) in [7, 11) is 0. The molecule has 1 unspecified atom stereocenters. The molecule has 0 spiro atoms. The maximum Gasteiger partial charge on any atom is 0.326 e. The van der Waals surface area contributed by atoms with E-state index in [-0.39, 0.29) is 62.2 Å². The standard InChI is InChI=1S/C26H28N4O5.C9H15NO5.C2H6.C2H2/c1-4-11-30(19-8-6-7-18(9-10-19)25(34)27-14-24(32)33)16(3)20-13-21-22(12-17(20)5-2)28-23(15-31)29-26(21)35;1-2-7(11)10-6(9(14)15)4-3-5-8(12)13;2*1-2/h1,7-10,12-13,16,31H,5-6,11,14-15H2,2-3H3,(H,27,34)(H,32,33)(H,28,29,35);6H,2-5H2,1H3,(H,10,11)(H,12,13)(H,14,15);1-2H3;1-2H/t;6-;;/m.1../s1. The van der Waals surface area contributed by atoms with E-state index < -0.39 is 36.4 Å². The first-order chi connectivity index (χ1) is 25.8. The molecular weight excluding hydrogens is 698 g/mol. The second-order valence-electron chi connectivity index (χ2n) is 11.1. The lowest BCUT2D eigenvalue weighted by Crippen LogP contribution is -2.40. The van der Waals surface area contributed by atoms with Gasteiger partial charge in [0, 0.05) is 24.1 Å². The van der Waals surface area contributed by atoms with Gasteiger partial charge in [-0.2, -0.15) is 0 Å². The zero-order valence-corrected chi connectivity index (χ0v) is 31.3. The van der Waals surface area contributed by atoms with Gasteiger partial charge in [-0.1, -0.05) is 45.8 Å². The lowest BCUT2D eigenvalue weighted by Gasteiger charge is -2.32. The molecule has 1 aromatic heterocycles. The molecule has 2 atom stereocenters. The summed E-state index contributed by atoms with van der Waals surface area (Å²) in [6.07, 6.45) is 22.4. The number of carbonyl (C=O) groups excluding carboxylic acids is 2. The number of hydrogen-bond acceptors (Lipinski definition) is 9. The smallest absolute Gasteiger partial charge is 0.326 e. The van der Waals surface area contributed by atoms with Crippen LogP contribution in [0.2, 0.25) is 0 Å². The van der Waals surface area contributed by atoms with Gasteiger partial charge in [0.15, 0.2) is 0 Å². The van der Waals surface area contributed by atoms with Crippen LogP contribution in [0.4, 0.5) is 0 Å². The number of aliphatic hydroxyl groups is 1. The van der Waals surface area contributed by atoms with Crippen LogP contribution in [-0.2, 0) is 37.0 Å². The number of nitrogens with zero attached hydrogens (tertiary/aromatic N) is 2. The minimum atomic E-state index is -1.14. The van der Waals surface area contributed by atoms with E-state index in [1.54, 1.807) is 25.2 Å². The van der Waals surface area contributed by atoms with Gasteiger partial charge in [0.1, 0.15) is 25.0 Å². The van der Waals surface area contributed by atoms with Crippen molar-refractivity contribution in [2.24, 2.45) is 0 Å². The van der Waals surface area contributed by atoms with Gasteiger partial charge in [0.05, 0.1) is 23.5 Å². The molecule has 0 saturated heterocycles. The zero-order valence-electron chi connectivity index (χ0n) is 31.3. The number of rotatable bonds is 16. The van der Waals surface area contributed by atoms with Crippen molar-refractivity contribution < 1.29 is 44.4 Å².